The lowest BCUT2D eigenvalue weighted by Crippen LogP contribution is -2.57. The van der Waals surface area contributed by atoms with Gasteiger partial charge in [-0.3, -0.25) is 4.79 Å². The van der Waals surface area contributed by atoms with Gasteiger partial charge in [0.2, 0.25) is 6.41 Å². The molecule has 1 aliphatic rings. The molecule has 1 amide bonds. The maximum absolute atomic E-state index is 10.5. The molecule has 7 heteroatoms. The number of nitrogens with one attached hydrogen (secondary N) is 1. The van der Waals surface area contributed by atoms with E-state index in [2.05, 4.69) is 5.32 Å². The smallest absolute Gasteiger partial charge is 0.207 e. The van der Waals surface area contributed by atoms with E-state index < -0.39 is 29.8 Å². The summed E-state index contributed by atoms with van der Waals surface area (Å²) in [5, 5.41) is 21.7. The molecule has 6 atom stereocenters. The molecule has 5 nitrogen and oxygen atoms in total. The summed E-state index contributed by atoms with van der Waals surface area (Å²) in [6, 6.07) is -0.480. The lowest BCUT2D eigenvalue weighted by atomic mass is 9.96. The Morgan fingerprint density at radius 2 is 2.18 bits per heavy atom. The van der Waals surface area contributed by atoms with Crippen molar-refractivity contribution in [3.05, 3.63) is 0 Å². The number of aliphatic hydroxyl groups is 2. The number of hydrogen-bond acceptors (Lipinski definition) is 5. The summed E-state index contributed by atoms with van der Waals surface area (Å²) in [7, 11) is 0. The third kappa shape index (κ3) is 3.72. The molecule has 0 bridgehead atoms. The van der Waals surface area contributed by atoms with Gasteiger partial charge < -0.3 is 20.3 Å². The number of rotatable bonds is 5. The van der Waals surface area contributed by atoms with Crippen molar-refractivity contribution >= 4 is 29.8 Å². The normalized spacial score (nSPS) is 37.2. The maximum atomic E-state index is 10.5. The fourth-order valence-electron chi connectivity index (χ4n) is 1.93. The number of amides is 1. The van der Waals surface area contributed by atoms with Gasteiger partial charge in [-0.05, 0) is 13.2 Å². The number of thioether (sulfide) groups is 1. The molecule has 1 rings (SSSR count). The van der Waals surface area contributed by atoms with Crippen LogP contribution in [0.5, 0.6) is 0 Å². The Hall–Kier alpha value is -0.0100. The van der Waals surface area contributed by atoms with E-state index in [-0.39, 0.29) is 11.8 Å². The van der Waals surface area contributed by atoms with Crippen LogP contribution < -0.4 is 5.32 Å². The number of hydrogen-bond donors (Lipinski definition) is 3. The minimum absolute atomic E-state index is 0.219. The Balaban J connectivity index is 2.75. The lowest BCUT2D eigenvalue weighted by molar-refractivity contribution is -0.149. The summed E-state index contributed by atoms with van der Waals surface area (Å²) in [5.74, 6) is 0. The zero-order valence-corrected chi connectivity index (χ0v) is 11.3. The molecular weight excluding hydrogens is 266 g/mol. The molecule has 0 aromatic heterocycles. The van der Waals surface area contributed by atoms with E-state index >= 15 is 0 Å². The van der Waals surface area contributed by atoms with Crippen LogP contribution in [0.15, 0.2) is 0 Å². The topological polar surface area (TPSA) is 78.8 Å². The second-order valence-corrected chi connectivity index (χ2v) is 5.69. The third-order valence-electron chi connectivity index (χ3n) is 2.81. The monoisotopic (exact) mass is 283 g/mol. The molecule has 1 saturated heterocycles. The van der Waals surface area contributed by atoms with Crippen molar-refractivity contribution in [1.82, 2.24) is 5.32 Å². The van der Waals surface area contributed by atoms with E-state index in [4.69, 9.17) is 16.3 Å². The van der Waals surface area contributed by atoms with Crippen LogP contribution in [-0.4, -0.2) is 58.0 Å². The second-order valence-electron chi connectivity index (χ2n) is 4.06. The molecule has 0 spiro atoms. The van der Waals surface area contributed by atoms with E-state index in [1.807, 2.05) is 6.26 Å². The summed E-state index contributed by atoms with van der Waals surface area (Å²) >= 11 is 7.33. The van der Waals surface area contributed by atoms with Gasteiger partial charge in [-0.1, -0.05) is 0 Å². The average molecular weight is 284 g/mol. The first-order valence-corrected chi connectivity index (χ1v) is 7.11. The van der Waals surface area contributed by atoms with Crippen molar-refractivity contribution in [1.29, 1.82) is 0 Å². The molecule has 1 heterocycles. The fourth-order valence-corrected chi connectivity index (χ4v) is 2.81. The van der Waals surface area contributed by atoms with Crippen LogP contribution in [0, 0.1) is 0 Å². The van der Waals surface area contributed by atoms with Crippen molar-refractivity contribution < 1.29 is 19.7 Å². The van der Waals surface area contributed by atoms with E-state index in [0.29, 0.717) is 6.41 Å². The molecular formula is C10H18ClNO4S. The van der Waals surface area contributed by atoms with Crippen LogP contribution in [-0.2, 0) is 9.53 Å². The fraction of sp³-hybridized carbons (Fsp3) is 0.900. The molecule has 3 N–H and O–H groups in total. The van der Waals surface area contributed by atoms with Gasteiger partial charge in [0.25, 0.3) is 0 Å². The molecule has 0 unspecified atom stereocenters. The Kier molecular flexibility index (Phi) is 6.02. The first-order chi connectivity index (χ1) is 8.01. The van der Waals surface area contributed by atoms with Crippen LogP contribution in [0.2, 0.25) is 0 Å². The van der Waals surface area contributed by atoms with Gasteiger partial charge in [-0.25, -0.2) is 0 Å². The molecule has 1 fully saturated rings. The average Bonchev–Trinajstić information content (AvgIpc) is 2.26. The summed E-state index contributed by atoms with van der Waals surface area (Å²) in [4.78, 5) is 10.5. The van der Waals surface area contributed by atoms with Crippen LogP contribution in [0.4, 0.5) is 0 Å². The van der Waals surface area contributed by atoms with Crippen LogP contribution >= 0.6 is 23.4 Å². The summed E-state index contributed by atoms with van der Waals surface area (Å²) < 4.78 is 5.59. The number of carbonyl (C=O) groups is 1. The number of carbonyl (C=O) groups excluding carboxylic acids is 1. The zero-order chi connectivity index (χ0) is 13.0. The highest BCUT2D eigenvalue weighted by Crippen LogP contribution is 2.29. The van der Waals surface area contributed by atoms with Gasteiger partial charge >= 0.3 is 0 Å². The highest BCUT2D eigenvalue weighted by Gasteiger charge is 2.41. The number of alkyl halides is 1. The highest BCUT2D eigenvalue weighted by molar-refractivity contribution is 7.99. The number of halogens is 1. The summed E-state index contributed by atoms with van der Waals surface area (Å²) in [6.45, 7) is 1.72. The van der Waals surface area contributed by atoms with Crippen LogP contribution in [0.25, 0.3) is 0 Å². The Bertz CT molecular complexity index is 256. The molecule has 100 valence electrons. The molecule has 0 aromatic carbocycles. The predicted octanol–water partition coefficient (Wildman–Crippen LogP) is -0.0719. The minimum Gasteiger partial charge on any atom is -0.390 e. The van der Waals surface area contributed by atoms with Crippen LogP contribution in [0.3, 0.4) is 0 Å². The lowest BCUT2D eigenvalue weighted by Gasteiger charge is -2.40. The van der Waals surface area contributed by atoms with Crippen molar-refractivity contribution in [3.8, 4) is 0 Å². The number of aliphatic hydroxyl groups excluding tert-OH is 2. The van der Waals surface area contributed by atoms with Gasteiger partial charge in [0.05, 0.1) is 23.6 Å². The van der Waals surface area contributed by atoms with E-state index in [1.54, 1.807) is 6.92 Å². The van der Waals surface area contributed by atoms with Crippen molar-refractivity contribution in [2.45, 2.75) is 48.5 Å². The molecule has 0 aromatic rings. The van der Waals surface area contributed by atoms with Gasteiger partial charge in [-0.15, -0.1) is 23.4 Å². The Morgan fingerprint density at radius 3 is 2.65 bits per heavy atom. The summed E-state index contributed by atoms with van der Waals surface area (Å²) in [5.41, 5.74) is -0.408. The largest absolute Gasteiger partial charge is 0.390 e. The minimum atomic E-state index is -0.841. The molecule has 0 radical (unpaired) electrons. The quantitative estimate of drug-likeness (QED) is 0.486. The molecule has 17 heavy (non-hydrogen) atoms. The molecule has 0 saturated carbocycles. The first kappa shape index (κ1) is 15.0. The van der Waals surface area contributed by atoms with E-state index in [0.717, 1.165) is 0 Å². The molecule has 1 aliphatic heterocycles. The Morgan fingerprint density at radius 1 is 1.53 bits per heavy atom. The zero-order valence-electron chi connectivity index (χ0n) is 9.75. The standard InChI is InChI=1S/C10H18ClNO4S/c1-5(11)8(12-4-13)9-6(14)3-7(15)10(16-9)17-2/h4-10,14-15H,3H2,1-2H3,(H,12,13)/t5-,6+,7+,8+,9-,10+/m0/s1. The SMILES string of the molecule is CS[C@H]1O[C@H]([C@H](NC=O)[C@H](C)Cl)[C@H](O)C[C@H]1O. The summed E-state index contributed by atoms with van der Waals surface area (Å²) in [6.07, 6.45) is 0.421. The predicted molar refractivity (Wildman–Crippen MR) is 67.1 cm³/mol. The van der Waals surface area contributed by atoms with Gasteiger partial charge in [-0.2, -0.15) is 0 Å². The maximum Gasteiger partial charge on any atom is 0.207 e. The van der Waals surface area contributed by atoms with Crippen molar-refractivity contribution in [3.63, 3.8) is 0 Å². The number of ether oxygens (including phenoxy) is 1. The van der Waals surface area contributed by atoms with E-state index in [1.165, 1.54) is 11.8 Å². The second kappa shape index (κ2) is 6.80. The van der Waals surface area contributed by atoms with Gasteiger partial charge in [0.15, 0.2) is 0 Å². The Labute approximate surface area is 110 Å². The van der Waals surface area contributed by atoms with Crippen LogP contribution in [0.1, 0.15) is 13.3 Å². The van der Waals surface area contributed by atoms with E-state index in [9.17, 15) is 15.0 Å². The van der Waals surface area contributed by atoms with Crippen molar-refractivity contribution in [2.24, 2.45) is 0 Å². The first-order valence-electron chi connectivity index (χ1n) is 5.39. The molecule has 0 aliphatic carbocycles. The van der Waals surface area contributed by atoms with Crippen molar-refractivity contribution in [2.75, 3.05) is 6.26 Å². The third-order valence-corrected chi connectivity index (χ3v) is 3.97. The highest BCUT2D eigenvalue weighted by atomic mass is 35.5. The van der Waals surface area contributed by atoms with Gasteiger partial charge in [0, 0.05) is 6.42 Å². The van der Waals surface area contributed by atoms with Gasteiger partial charge in [0.1, 0.15) is 11.5 Å².